The van der Waals surface area contributed by atoms with Gasteiger partial charge in [-0.15, -0.1) is 0 Å². The normalized spacial score (nSPS) is 16.5. The van der Waals surface area contributed by atoms with Crippen LogP contribution in [0.3, 0.4) is 0 Å². The zero-order valence-corrected chi connectivity index (χ0v) is 13.1. The molecule has 2 aromatic carbocycles. The molecule has 4 nitrogen and oxygen atoms in total. The SMILES string of the molecule is O=C(O)C1=Cc2c(Oc3cccc(Cl)c3)cccc2OC1C(F)(F)F. The molecular formula is C17H10ClF3O4. The van der Waals surface area contributed by atoms with Gasteiger partial charge in [0.15, 0.2) is 0 Å². The number of hydrogen-bond acceptors (Lipinski definition) is 3. The Bertz CT molecular complexity index is 861. The minimum Gasteiger partial charge on any atom is -0.478 e. The maximum Gasteiger partial charge on any atom is 0.430 e. The van der Waals surface area contributed by atoms with Crippen LogP contribution in [-0.4, -0.2) is 23.4 Å². The van der Waals surface area contributed by atoms with Crippen LogP contribution in [0.1, 0.15) is 5.56 Å². The van der Waals surface area contributed by atoms with E-state index in [0.717, 1.165) is 6.08 Å². The lowest BCUT2D eigenvalue weighted by atomic mass is 10.0. The van der Waals surface area contributed by atoms with Gasteiger partial charge in [0, 0.05) is 5.02 Å². The summed E-state index contributed by atoms with van der Waals surface area (Å²) in [5.41, 5.74) is -0.803. The van der Waals surface area contributed by atoms with Gasteiger partial charge in [0.25, 0.3) is 0 Å². The molecule has 0 saturated carbocycles. The molecule has 1 aliphatic rings. The monoisotopic (exact) mass is 370 g/mol. The summed E-state index contributed by atoms with van der Waals surface area (Å²) in [6, 6.07) is 10.7. The standard InChI is InChI=1S/C17H10ClF3O4/c18-9-3-1-4-10(7-9)24-13-5-2-6-14-11(13)8-12(16(22)23)15(25-14)17(19,20)21/h1-8,15H,(H,22,23). The number of halogens is 4. The van der Waals surface area contributed by atoms with E-state index in [1.807, 2.05) is 0 Å². The Hall–Kier alpha value is -2.67. The molecule has 0 saturated heterocycles. The fourth-order valence-electron chi connectivity index (χ4n) is 2.35. The van der Waals surface area contributed by atoms with E-state index in [2.05, 4.69) is 0 Å². The molecule has 130 valence electrons. The predicted molar refractivity (Wildman–Crippen MR) is 84.1 cm³/mol. The van der Waals surface area contributed by atoms with Crippen molar-refractivity contribution in [2.75, 3.05) is 0 Å². The highest BCUT2D eigenvalue weighted by molar-refractivity contribution is 6.30. The van der Waals surface area contributed by atoms with Crippen LogP contribution in [0.5, 0.6) is 17.2 Å². The molecule has 0 bridgehead atoms. The molecule has 0 fully saturated rings. The largest absolute Gasteiger partial charge is 0.478 e. The number of fused-ring (bicyclic) bond motifs is 1. The third-order valence-electron chi connectivity index (χ3n) is 3.42. The molecule has 1 aliphatic heterocycles. The van der Waals surface area contributed by atoms with Crippen LogP contribution in [0.4, 0.5) is 13.2 Å². The van der Waals surface area contributed by atoms with E-state index < -0.39 is 23.8 Å². The van der Waals surface area contributed by atoms with Crippen LogP contribution < -0.4 is 9.47 Å². The summed E-state index contributed by atoms with van der Waals surface area (Å²) in [6.07, 6.45) is -6.48. The van der Waals surface area contributed by atoms with E-state index in [0.29, 0.717) is 10.8 Å². The summed E-state index contributed by atoms with van der Waals surface area (Å²) in [5, 5.41) is 9.52. The Morgan fingerprint density at radius 2 is 1.92 bits per heavy atom. The number of carbonyl (C=O) groups is 1. The van der Waals surface area contributed by atoms with Gasteiger partial charge in [-0.3, -0.25) is 0 Å². The maximum absolute atomic E-state index is 13.1. The quantitative estimate of drug-likeness (QED) is 0.833. The van der Waals surface area contributed by atoms with Gasteiger partial charge in [0.1, 0.15) is 17.2 Å². The first-order valence-electron chi connectivity index (χ1n) is 7.00. The first-order valence-corrected chi connectivity index (χ1v) is 7.38. The van der Waals surface area contributed by atoms with E-state index in [9.17, 15) is 18.0 Å². The number of rotatable bonds is 3. The van der Waals surface area contributed by atoms with Gasteiger partial charge < -0.3 is 14.6 Å². The molecule has 25 heavy (non-hydrogen) atoms. The first-order chi connectivity index (χ1) is 11.8. The van der Waals surface area contributed by atoms with E-state index in [1.54, 1.807) is 18.2 Å². The van der Waals surface area contributed by atoms with Crippen LogP contribution in [0.2, 0.25) is 5.02 Å². The van der Waals surface area contributed by atoms with Gasteiger partial charge in [-0.2, -0.15) is 13.2 Å². The number of aliphatic carboxylic acids is 1. The molecule has 1 unspecified atom stereocenters. The number of hydrogen-bond donors (Lipinski definition) is 1. The van der Waals surface area contributed by atoms with Crippen LogP contribution >= 0.6 is 11.6 Å². The minimum atomic E-state index is -4.86. The Labute approximate surface area is 145 Å². The third-order valence-corrected chi connectivity index (χ3v) is 3.66. The lowest BCUT2D eigenvalue weighted by Gasteiger charge is -2.27. The fourth-order valence-corrected chi connectivity index (χ4v) is 2.53. The second-order valence-electron chi connectivity index (χ2n) is 5.17. The highest BCUT2D eigenvalue weighted by atomic mass is 35.5. The Balaban J connectivity index is 2.05. The van der Waals surface area contributed by atoms with Crippen LogP contribution in [-0.2, 0) is 4.79 Å². The average Bonchev–Trinajstić information content (AvgIpc) is 2.53. The summed E-state index contributed by atoms with van der Waals surface area (Å²) in [5.74, 6) is -1.33. The minimum absolute atomic E-state index is 0.111. The zero-order chi connectivity index (χ0) is 18.2. The predicted octanol–water partition coefficient (Wildman–Crippen LogP) is 4.92. The second kappa shape index (κ2) is 6.33. The van der Waals surface area contributed by atoms with Crippen molar-refractivity contribution in [2.45, 2.75) is 12.3 Å². The Morgan fingerprint density at radius 1 is 1.20 bits per heavy atom. The molecule has 1 heterocycles. The second-order valence-corrected chi connectivity index (χ2v) is 5.61. The molecule has 1 atom stereocenters. The summed E-state index contributed by atoms with van der Waals surface area (Å²) < 4.78 is 49.7. The van der Waals surface area contributed by atoms with Crippen molar-refractivity contribution in [1.29, 1.82) is 0 Å². The summed E-state index contributed by atoms with van der Waals surface area (Å²) in [6.45, 7) is 0. The van der Waals surface area contributed by atoms with Crippen molar-refractivity contribution < 1.29 is 32.5 Å². The van der Waals surface area contributed by atoms with Gasteiger partial charge in [0.2, 0.25) is 6.10 Å². The van der Waals surface area contributed by atoms with Crippen molar-refractivity contribution in [2.24, 2.45) is 0 Å². The van der Waals surface area contributed by atoms with Crippen molar-refractivity contribution in [3.8, 4) is 17.2 Å². The third kappa shape index (κ3) is 3.56. The number of carboxylic acids is 1. The molecule has 0 amide bonds. The molecule has 0 spiro atoms. The Morgan fingerprint density at radius 3 is 2.56 bits per heavy atom. The Kier molecular flexibility index (Phi) is 4.34. The summed E-state index contributed by atoms with van der Waals surface area (Å²) >= 11 is 5.87. The number of alkyl halides is 3. The first kappa shape index (κ1) is 17.2. The molecular weight excluding hydrogens is 361 g/mol. The highest BCUT2D eigenvalue weighted by Crippen LogP contribution is 2.42. The molecule has 1 N–H and O–H groups in total. The van der Waals surface area contributed by atoms with Gasteiger partial charge in [-0.1, -0.05) is 23.7 Å². The smallest absolute Gasteiger partial charge is 0.430 e. The van der Waals surface area contributed by atoms with E-state index in [1.165, 1.54) is 24.3 Å². The van der Waals surface area contributed by atoms with Gasteiger partial charge in [0.05, 0.1) is 11.1 Å². The lowest BCUT2D eigenvalue weighted by molar-refractivity contribution is -0.187. The summed E-state index contributed by atoms with van der Waals surface area (Å²) in [4.78, 5) is 11.2. The van der Waals surface area contributed by atoms with Crippen molar-refractivity contribution >= 4 is 23.6 Å². The molecule has 0 aliphatic carbocycles. The van der Waals surface area contributed by atoms with Gasteiger partial charge in [-0.05, 0) is 36.4 Å². The molecule has 0 radical (unpaired) electrons. The van der Waals surface area contributed by atoms with Crippen molar-refractivity contribution in [1.82, 2.24) is 0 Å². The number of ether oxygens (including phenoxy) is 2. The van der Waals surface area contributed by atoms with Gasteiger partial charge in [-0.25, -0.2) is 4.79 Å². The van der Waals surface area contributed by atoms with E-state index >= 15 is 0 Å². The summed E-state index contributed by atoms with van der Waals surface area (Å²) in [7, 11) is 0. The van der Waals surface area contributed by atoms with Crippen molar-refractivity contribution in [3.63, 3.8) is 0 Å². The molecule has 0 aromatic heterocycles. The lowest BCUT2D eigenvalue weighted by Crippen LogP contribution is -2.40. The van der Waals surface area contributed by atoms with Crippen molar-refractivity contribution in [3.05, 3.63) is 58.6 Å². The van der Waals surface area contributed by atoms with Crippen LogP contribution in [0.15, 0.2) is 48.0 Å². The number of benzene rings is 2. The van der Waals surface area contributed by atoms with Gasteiger partial charge >= 0.3 is 12.1 Å². The van der Waals surface area contributed by atoms with Crippen LogP contribution in [0, 0.1) is 0 Å². The van der Waals surface area contributed by atoms with E-state index in [-0.39, 0.29) is 17.1 Å². The average molecular weight is 371 g/mol. The topological polar surface area (TPSA) is 55.8 Å². The van der Waals surface area contributed by atoms with E-state index in [4.69, 9.17) is 26.2 Å². The zero-order valence-electron chi connectivity index (χ0n) is 12.4. The molecule has 8 heteroatoms. The number of carboxylic acid groups (broad SMARTS) is 1. The fraction of sp³-hybridized carbons (Fsp3) is 0.118. The maximum atomic E-state index is 13.1. The van der Waals surface area contributed by atoms with Crippen LogP contribution in [0.25, 0.3) is 6.08 Å². The highest BCUT2D eigenvalue weighted by Gasteiger charge is 2.48. The molecule has 3 rings (SSSR count). The molecule has 2 aromatic rings.